The number of rotatable bonds is 5. The van der Waals surface area contributed by atoms with Crippen molar-refractivity contribution < 1.29 is 14.2 Å². The lowest BCUT2D eigenvalue weighted by atomic mass is 10.2. The second kappa shape index (κ2) is 7.84. The highest BCUT2D eigenvalue weighted by Gasteiger charge is 2.23. The maximum atomic E-state index is 11.0. The van der Waals surface area contributed by atoms with Crippen molar-refractivity contribution in [2.45, 2.75) is 13.8 Å². The number of non-ortho nitro benzene ring substituents is 1. The lowest BCUT2D eigenvalue weighted by Crippen LogP contribution is -2.38. The molecular weight excluding hydrogens is 376 g/mol. The Bertz CT molecular complexity index is 1050. The fraction of sp³-hybridized carbons (Fsp3) is 0.316. The maximum absolute atomic E-state index is 11.0. The number of aromatic nitrogens is 3. The van der Waals surface area contributed by atoms with Crippen molar-refractivity contribution in [3.05, 3.63) is 57.5 Å². The van der Waals surface area contributed by atoms with Crippen LogP contribution in [0.1, 0.15) is 17.0 Å². The van der Waals surface area contributed by atoms with E-state index < -0.39 is 4.92 Å². The molecule has 3 heterocycles. The summed E-state index contributed by atoms with van der Waals surface area (Å²) in [7, 11) is 0. The highest BCUT2D eigenvalue weighted by Crippen LogP contribution is 2.28. The van der Waals surface area contributed by atoms with E-state index in [-0.39, 0.29) is 5.69 Å². The van der Waals surface area contributed by atoms with Gasteiger partial charge in [-0.15, -0.1) is 0 Å². The van der Waals surface area contributed by atoms with Gasteiger partial charge in [-0.25, -0.2) is 9.67 Å². The van der Waals surface area contributed by atoms with Gasteiger partial charge in [0.2, 0.25) is 0 Å². The van der Waals surface area contributed by atoms with Crippen LogP contribution in [0.5, 0.6) is 0 Å². The van der Waals surface area contributed by atoms with Crippen LogP contribution in [-0.4, -0.2) is 52.4 Å². The maximum Gasteiger partial charge on any atom is 0.269 e. The minimum Gasteiger partial charge on any atom is -0.378 e. The molecule has 3 aromatic rings. The van der Waals surface area contributed by atoms with Gasteiger partial charge in [0.15, 0.2) is 5.82 Å². The van der Waals surface area contributed by atoms with E-state index in [1.807, 2.05) is 13.8 Å². The Hall–Kier alpha value is -3.53. The normalized spacial score (nSPS) is 14.6. The number of nitro groups is 1. The van der Waals surface area contributed by atoms with Crippen LogP contribution in [0.3, 0.4) is 0 Å². The predicted molar refractivity (Wildman–Crippen MR) is 106 cm³/mol. The molecule has 0 radical (unpaired) electrons. The van der Waals surface area contributed by atoms with Crippen LogP contribution in [-0.2, 0) is 4.74 Å². The number of ether oxygens (including phenoxy) is 1. The first-order valence-electron chi connectivity index (χ1n) is 9.17. The van der Waals surface area contributed by atoms with Crippen LogP contribution < -0.4 is 4.90 Å². The lowest BCUT2D eigenvalue weighted by Gasteiger charge is -2.29. The third kappa shape index (κ3) is 3.87. The number of hydrogen-bond donors (Lipinski definition) is 0. The van der Waals surface area contributed by atoms with Gasteiger partial charge in [0.1, 0.15) is 11.6 Å². The van der Waals surface area contributed by atoms with Gasteiger partial charge < -0.3 is 14.2 Å². The molecule has 10 heteroatoms. The molecule has 0 saturated carbocycles. The summed E-state index contributed by atoms with van der Waals surface area (Å²) < 4.78 is 12.3. The van der Waals surface area contributed by atoms with Gasteiger partial charge in [-0.05, 0) is 26.0 Å². The molecule has 4 rings (SSSR count). The van der Waals surface area contributed by atoms with E-state index in [0.29, 0.717) is 37.9 Å². The first kappa shape index (κ1) is 18.8. The summed E-state index contributed by atoms with van der Waals surface area (Å²) in [6, 6.07) is 8.08. The largest absolute Gasteiger partial charge is 0.378 e. The molecule has 2 aromatic heterocycles. The van der Waals surface area contributed by atoms with E-state index in [1.165, 1.54) is 12.1 Å². The van der Waals surface area contributed by atoms with E-state index in [2.05, 4.69) is 20.1 Å². The van der Waals surface area contributed by atoms with Crippen molar-refractivity contribution >= 4 is 23.5 Å². The summed E-state index contributed by atoms with van der Waals surface area (Å²) in [4.78, 5) is 17.2. The number of anilines is 1. The Kier molecular flexibility index (Phi) is 5.09. The molecule has 0 amide bonds. The van der Waals surface area contributed by atoms with Gasteiger partial charge in [-0.2, -0.15) is 5.10 Å². The monoisotopic (exact) mass is 396 g/mol. The number of hydrogen-bond acceptors (Lipinski definition) is 8. The van der Waals surface area contributed by atoms with Crippen LogP contribution in [0, 0.1) is 24.0 Å². The third-order valence-corrected chi connectivity index (χ3v) is 4.64. The number of nitro benzene ring substituents is 1. The van der Waals surface area contributed by atoms with E-state index in [9.17, 15) is 10.1 Å². The van der Waals surface area contributed by atoms with Crippen molar-refractivity contribution in [2.75, 3.05) is 31.2 Å². The minimum atomic E-state index is -0.418. The first-order chi connectivity index (χ1) is 14.0. The molecule has 0 atom stereocenters. The van der Waals surface area contributed by atoms with Gasteiger partial charge in [-0.1, -0.05) is 5.16 Å². The highest BCUT2D eigenvalue weighted by molar-refractivity contribution is 5.90. The van der Waals surface area contributed by atoms with Crippen molar-refractivity contribution in [2.24, 2.45) is 4.99 Å². The first-order valence-corrected chi connectivity index (χ1v) is 9.17. The fourth-order valence-corrected chi connectivity index (χ4v) is 3.20. The van der Waals surface area contributed by atoms with Crippen molar-refractivity contribution in [3.63, 3.8) is 0 Å². The van der Waals surface area contributed by atoms with E-state index >= 15 is 0 Å². The molecule has 0 N–H and O–H groups in total. The van der Waals surface area contributed by atoms with Crippen LogP contribution >= 0.6 is 0 Å². The van der Waals surface area contributed by atoms with Crippen molar-refractivity contribution in [3.8, 4) is 5.69 Å². The molecule has 1 aromatic carbocycles. The Balaban J connectivity index is 1.78. The zero-order valence-corrected chi connectivity index (χ0v) is 16.1. The van der Waals surface area contributed by atoms with Gasteiger partial charge in [0, 0.05) is 37.5 Å². The summed E-state index contributed by atoms with van der Waals surface area (Å²) in [5.41, 5.74) is 2.41. The molecule has 29 heavy (non-hydrogen) atoms. The smallest absolute Gasteiger partial charge is 0.269 e. The summed E-state index contributed by atoms with van der Waals surface area (Å²) in [5.74, 6) is 2.03. The third-order valence-electron chi connectivity index (χ3n) is 4.64. The predicted octanol–water partition coefficient (Wildman–Crippen LogP) is 2.97. The molecule has 0 unspecified atom stereocenters. The molecule has 0 spiro atoms. The fourth-order valence-electron chi connectivity index (χ4n) is 3.20. The second-order valence-electron chi connectivity index (χ2n) is 6.66. The SMILES string of the molecule is Cc1cc(N=Cc2c(C)nn(-c3ccc([N+](=O)[O-])cc3)c2N2CCOCC2)no1. The number of aryl methyl sites for hydroxylation is 2. The molecule has 1 aliphatic heterocycles. The topological polar surface area (TPSA) is 112 Å². The molecule has 150 valence electrons. The van der Waals surface area contributed by atoms with E-state index in [4.69, 9.17) is 9.26 Å². The standard InChI is InChI=1S/C19H20N6O4/c1-13-11-18(22-29-13)20-12-17-14(2)21-24(19(17)23-7-9-28-10-8-23)15-3-5-16(6-4-15)25(26)27/h3-6,11-12H,7-10H2,1-2H3. The summed E-state index contributed by atoms with van der Waals surface area (Å²) in [6.45, 7) is 6.36. The Morgan fingerprint density at radius 2 is 1.93 bits per heavy atom. The number of morpholine rings is 1. The second-order valence-corrected chi connectivity index (χ2v) is 6.66. The zero-order valence-electron chi connectivity index (χ0n) is 16.1. The average molecular weight is 396 g/mol. The van der Waals surface area contributed by atoms with Crippen LogP contribution in [0.4, 0.5) is 17.3 Å². The Labute approximate surface area is 166 Å². The van der Waals surface area contributed by atoms with Crippen LogP contribution in [0.15, 0.2) is 39.8 Å². The number of nitrogens with zero attached hydrogens (tertiary/aromatic N) is 6. The molecular formula is C19H20N6O4. The van der Waals surface area contributed by atoms with Crippen LogP contribution in [0.2, 0.25) is 0 Å². The summed E-state index contributed by atoms with van der Waals surface area (Å²) in [5, 5.41) is 19.5. The molecule has 10 nitrogen and oxygen atoms in total. The van der Waals surface area contributed by atoms with Gasteiger partial charge in [0.05, 0.1) is 35.1 Å². The Morgan fingerprint density at radius 1 is 1.21 bits per heavy atom. The zero-order chi connectivity index (χ0) is 20.4. The quantitative estimate of drug-likeness (QED) is 0.370. The number of aliphatic imine (C=N–C) groups is 1. The molecule has 1 fully saturated rings. The van der Waals surface area contributed by atoms with Gasteiger partial charge in [0.25, 0.3) is 5.69 Å². The number of benzene rings is 1. The van der Waals surface area contributed by atoms with Crippen LogP contribution in [0.25, 0.3) is 5.69 Å². The van der Waals surface area contributed by atoms with Gasteiger partial charge in [-0.3, -0.25) is 10.1 Å². The molecule has 0 bridgehead atoms. The van der Waals surface area contributed by atoms with E-state index in [0.717, 1.165) is 22.8 Å². The Morgan fingerprint density at radius 3 is 2.55 bits per heavy atom. The lowest BCUT2D eigenvalue weighted by molar-refractivity contribution is -0.384. The highest BCUT2D eigenvalue weighted by atomic mass is 16.6. The molecule has 1 saturated heterocycles. The average Bonchev–Trinajstić information content (AvgIpc) is 3.29. The van der Waals surface area contributed by atoms with Gasteiger partial charge >= 0.3 is 0 Å². The van der Waals surface area contributed by atoms with E-state index in [1.54, 1.807) is 29.1 Å². The minimum absolute atomic E-state index is 0.0359. The summed E-state index contributed by atoms with van der Waals surface area (Å²) >= 11 is 0. The molecule has 1 aliphatic rings. The summed E-state index contributed by atoms with van der Waals surface area (Å²) in [6.07, 6.45) is 1.73. The van der Waals surface area contributed by atoms with Crippen molar-refractivity contribution in [1.82, 2.24) is 14.9 Å². The van der Waals surface area contributed by atoms with Crippen molar-refractivity contribution in [1.29, 1.82) is 0 Å². The molecule has 0 aliphatic carbocycles.